The molecule has 0 saturated carbocycles. The number of aromatic nitrogens is 1. The maximum atomic E-state index is 12.8. The third kappa shape index (κ3) is 5.14. The number of Topliss-reactive ketones (excluding diaryl/α,β-unsaturated/α-hetero) is 1. The van der Waals surface area contributed by atoms with Crippen LogP contribution in [0.15, 0.2) is 77.6 Å². The average Bonchev–Trinajstić information content (AvgIpc) is 2.85. The summed E-state index contributed by atoms with van der Waals surface area (Å²) in [7, 11) is 0. The van der Waals surface area contributed by atoms with Crippen molar-refractivity contribution in [2.75, 3.05) is 11.9 Å². The fourth-order valence-corrected chi connectivity index (χ4v) is 3.71. The lowest BCUT2D eigenvalue weighted by molar-refractivity contribution is -0.143. The number of anilines is 1. The van der Waals surface area contributed by atoms with Gasteiger partial charge in [0.25, 0.3) is 0 Å². The Morgan fingerprint density at radius 2 is 1.37 bits per heavy atom. The van der Waals surface area contributed by atoms with E-state index in [9.17, 15) is 19.2 Å². The molecule has 4 rings (SSSR count). The van der Waals surface area contributed by atoms with Crippen LogP contribution in [0, 0.1) is 5.41 Å². The summed E-state index contributed by atoms with van der Waals surface area (Å²) < 4.78 is 7.00. The molecule has 0 aliphatic rings. The number of benzene rings is 3. The van der Waals surface area contributed by atoms with Crippen LogP contribution in [0.5, 0.6) is 0 Å². The van der Waals surface area contributed by atoms with E-state index in [0.717, 1.165) is 0 Å². The van der Waals surface area contributed by atoms with Crippen LogP contribution in [0.2, 0.25) is 0 Å². The number of hydrogen-bond donors (Lipinski definition) is 1. The summed E-state index contributed by atoms with van der Waals surface area (Å²) in [5, 5.41) is 3.81. The largest absolute Gasteiger partial charge is 0.456 e. The van der Waals surface area contributed by atoms with Gasteiger partial charge in [-0.05, 0) is 48.5 Å². The molecule has 4 aromatic rings. The molecule has 178 valence electrons. The van der Waals surface area contributed by atoms with E-state index in [1.165, 1.54) is 0 Å². The van der Waals surface area contributed by atoms with E-state index in [1.807, 2.05) is 20.8 Å². The number of pyridine rings is 1. The van der Waals surface area contributed by atoms with E-state index < -0.39 is 18.0 Å². The number of carbonyl (C=O) groups excluding carboxylic acids is 3. The van der Waals surface area contributed by atoms with E-state index >= 15 is 0 Å². The molecule has 1 aromatic heterocycles. The van der Waals surface area contributed by atoms with Crippen LogP contribution in [-0.4, -0.2) is 28.8 Å². The van der Waals surface area contributed by atoms with Crippen molar-refractivity contribution in [3.63, 3.8) is 0 Å². The summed E-state index contributed by atoms with van der Waals surface area (Å²) in [5.74, 6) is -1.08. The molecule has 0 fully saturated rings. The maximum Gasteiger partial charge on any atom is 0.326 e. The Morgan fingerprint density at radius 3 is 1.91 bits per heavy atom. The Labute approximate surface area is 202 Å². The second-order valence-corrected chi connectivity index (χ2v) is 9.31. The fraction of sp³-hybridized carbons (Fsp3) is 0.214. The minimum absolute atomic E-state index is 0.0990. The Hall–Kier alpha value is -4.26. The minimum Gasteiger partial charge on any atom is -0.456 e. The molecule has 1 heterocycles. The van der Waals surface area contributed by atoms with Crippen LogP contribution in [0.1, 0.15) is 31.1 Å². The third-order valence-corrected chi connectivity index (χ3v) is 5.68. The molecule has 0 bridgehead atoms. The number of fused-ring (bicyclic) bond motifs is 2. The second kappa shape index (κ2) is 9.54. The molecular weight excluding hydrogens is 444 g/mol. The summed E-state index contributed by atoms with van der Waals surface area (Å²) in [5.41, 5.74) is 1.55. The van der Waals surface area contributed by atoms with Crippen molar-refractivity contribution < 1.29 is 19.1 Å². The van der Waals surface area contributed by atoms with Gasteiger partial charge in [0.05, 0.1) is 11.0 Å². The first-order valence-corrected chi connectivity index (χ1v) is 11.3. The topological polar surface area (TPSA) is 94.5 Å². The van der Waals surface area contributed by atoms with Crippen molar-refractivity contribution in [2.24, 2.45) is 5.41 Å². The lowest BCUT2D eigenvalue weighted by atomic mass is 9.95. The van der Waals surface area contributed by atoms with Gasteiger partial charge >= 0.3 is 5.97 Å². The molecule has 0 spiro atoms. The molecule has 1 amide bonds. The monoisotopic (exact) mass is 470 g/mol. The number of esters is 1. The number of carbonyl (C=O) groups is 3. The molecule has 35 heavy (non-hydrogen) atoms. The Morgan fingerprint density at radius 1 is 0.829 bits per heavy atom. The van der Waals surface area contributed by atoms with Crippen molar-refractivity contribution in [1.29, 1.82) is 0 Å². The van der Waals surface area contributed by atoms with Crippen molar-refractivity contribution >= 4 is 45.2 Å². The lowest BCUT2D eigenvalue weighted by Crippen LogP contribution is -2.27. The van der Waals surface area contributed by atoms with E-state index in [1.54, 1.807) is 77.4 Å². The van der Waals surface area contributed by atoms with Crippen LogP contribution in [-0.2, 0) is 20.9 Å². The number of ether oxygens (including phenoxy) is 1. The van der Waals surface area contributed by atoms with E-state index in [2.05, 4.69) is 5.32 Å². The van der Waals surface area contributed by atoms with Gasteiger partial charge in [0, 0.05) is 27.4 Å². The van der Waals surface area contributed by atoms with Gasteiger partial charge < -0.3 is 14.6 Å². The maximum absolute atomic E-state index is 12.8. The first-order valence-electron chi connectivity index (χ1n) is 11.3. The molecular formula is C28H26N2O5. The predicted octanol–water partition coefficient (Wildman–Crippen LogP) is 4.57. The Balaban J connectivity index is 1.46. The molecule has 7 nitrogen and oxygen atoms in total. The summed E-state index contributed by atoms with van der Waals surface area (Å²) >= 11 is 0. The fourth-order valence-electron chi connectivity index (χ4n) is 3.71. The number of nitrogens with one attached hydrogen (secondary N) is 1. The zero-order valence-electron chi connectivity index (χ0n) is 19.8. The molecule has 3 aromatic carbocycles. The van der Waals surface area contributed by atoms with E-state index in [4.69, 9.17) is 4.74 Å². The standard InChI is InChI=1S/C28H26N2O5/c1-28(2,3)27(34)29-19-14-12-18(13-15-19)24(31)17-35-25(32)16-30-22-10-6-4-8-20(22)26(33)21-9-5-7-11-23(21)30/h4-15H,16-17H2,1-3H3,(H,29,34). The molecule has 0 radical (unpaired) electrons. The van der Waals surface area contributed by atoms with Crippen molar-refractivity contribution in [3.05, 3.63) is 88.6 Å². The van der Waals surface area contributed by atoms with Gasteiger partial charge in [0.2, 0.25) is 5.91 Å². The highest BCUT2D eigenvalue weighted by atomic mass is 16.5. The van der Waals surface area contributed by atoms with Gasteiger partial charge in [-0.15, -0.1) is 0 Å². The third-order valence-electron chi connectivity index (χ3n) is 5.68. The lowest BCUT2D eigenvalue weighted by Gasteiger charge is -2.17. The normalized spacial score (nSPS) is 11.4. The first kappa shape index (κ1) is 23.9. The van der Waals surface area contributed by atoms with Gasteiger partial charge in [0.15, 0.2) is 17.8 Å². The summed E-state index contributed by atoms with van der Waals surface area (Å²) in [6.45, 7) is 4.88. The van der Waals surface area contributed by atoms with Gasteiger partial charge in [-0.25, -0.2) is 0 Å². The SMILES string of the molecule is CC(C)(C)C(=O)Nc1ccc(C(=O)COC(=O)Cn2c3ccccc3c(=O)c3ccccc32)cc1. The van der Waals surface area contributed by atoms with Gasteiger partial charge in [-0.2, -0.15) is 0 Å². The molecule has 0 aliphatic carbocycles. The minimum atomic E-state index is -0.591. The Kier molecular flexibility index (Phi) is 6.51. The van der Waals surface area contributed by atoms with E-state index in [0.29, 0.717) is 33.1 Å². The van der Waals surface area contributed by atoms with Gasteiger partial charge in [-0.3, -0.25) is 19.2 Å². The highest BCUT2D eigenvalue weighted by molar-refractivity contribution is 5.99. The van der Waals surface area contributed by atoms with E-state index in [-0.39, 0.29) is 23.7 Å². The number of para-hydroxylation sites is 2. The number of amides is 1. The molecule has 0 atom stereocenters. The molecule has 0 unspecified atom stereocenters. The Bertz CT molecular complexity index is 1430. The number of hydrogen-bond acceptors (Lipinski definition) is 5. The summed E-state index contributed by atoms with van der Waals surface area (Å²) in [6.07, 6.45) is 0. The van der Waals surface area contributed by atoms with Crippen LogP contribution < -0.4 is 10.7 Å². The first-order chi connectivity index (χ1) is 16.6. The highest BCUT2D eigenvalue weighted by Crippen LogP contribution is 2.20. The predicted molar refractivity (Wildman–Crippen MR) is 136 cm³/mol. The zero-order valence-corrected chi connectivity index (χ0v) is 19.8. The van der Waals surface area contributed by atoms with Gasteiger partial charge in [0.1, 0.15) is 6.54 Å². The quantitative estimate of drug-likeness (QED) is 0.253. The highest BCUT2D eigenvalue weighted by Gasteiger charge is 2.21. The van der Waals surface area contributed by atoms with Crippen molar-refractivity contribution in [3.8, 4) is 0 Å². The number of ketones is 1. The van der Waals surface area contributed by atoms with Crippen LogP contribution in [0.3, 0.4) is 0 Å². The second-order valence-electron chi connectivity index (χ2n) is 9.31. The molecule has 0 aliphatic heterocycles. The van der Waals surface area contributed by atoms with Crippen molar-refractivity contribution in [2.45, 2.75) is 27.3 Å². The number of nitrogens with zero attached hydrogens (tertiary/aromatic N) is 1. The molecule has 7 heteroatoms. The zero-order chi connectivity index (χ0) is 25.2. The number of rotatable bonds is 6. The summed E-state index contributed by atoms with van der Waals surface area (Å²) in [6, 6.07) is 20.6. The average molecular weight is 471 g/mol. The van der Waals surface area contributed by atoms with Crippen LogP contribution in [0.25, 0.3) is 21.8 Å². The molecule has 0 saturated heterocycles. The summed E-state index contributed by atoms with van der Waals surface area (Å²) in [4.78, 5) is 50.2. The van der Waals surface area contributed by atoms with Crippen LogP contribution >= 0.6 is 0 Å². The van der Waals surface area contributed by atoms with Crippen LogP contribution in [0.4, 0.5) is 5.69 Å². The van der Waals surface area contributed by atoms with Crippen molar-refractivity contribution in [1.82, 2.24) is 4.57 Å². The smallest absolute Gasteiger partial charge is 0.326 e. The molecule has 1 N–H and O–H groups in total. The van der Waals surface area contributed by atoms with Gasteiger partial charge in [-0.1, -0.05) is 45.0 Å².